The largest absolute Gasteiger partial charge is 0.402 e. The Balaban J connectivity index is 2.33. The van der Waals surface area contributed by atoms with Gasteiger partial charge in [0.05, 0.1) is 0 Å². The summed E-state index contributed by atoms with van der Waals surface area (Å²) in [7, 11) is 0. The summed E-state index contributed by atoms with van der Waals surface area (Å²) in [4.78, 5) is 0. The highest BCUT2D eigenvalue weighted by atomic mass is 14.6. The van der Waals surface area contributed by atoms with Crippen LogP contribution in [0.5, 0.6) is 0 Å². The van der Waals surface area contributed by atoms with Crippen molar-refractivity contribution in [1.82, 2.24) is 0 Å². The Hall–Kier alpha value is -0.460. The van der Waals surface area contributed by atoms with Gasteiger partial charge in [-0.05, 0) is 31.6 Å². The van der Waals surface area contributed by atoms with Gasteiger partial charge in [0.25, 0.3) is 0 Å². The predicted molar refractivity (Wildman–Crippen MR) is 33.2 cm³/mol. The van der Waals surface area contributed by atoms with Crippen LogP contribution in [0, 0.1) is 5.92 Å². The third-order valence-electron chi connectivity index (χ3n) is 2.35. The first-order valence-corrected chi connectivity index (χ1v) is 3.32. The molecule has 1 atom stereocenters. The van der Waals surface area contributed by atoms with Gasteiger partial charge in [-0.25, -0.2) is 0 Å². The fourth-order valence-electron chi connectivity index (χ4n) is 1.85. The molecule has 0 heterocycles. The maximum absolute atomic E-state index is 5.70. The Bertz CT molecular complexity index is 144. The van der Waals surface area contributed by atoms with E-state index in [4.69, 9.17) is 5.73 Å². The van der Waals surface area contributed by atoms with Gasteiger partial charge in [0.1, 0.15) is 0 Å². The van der Waals surface area contributed by atoms with Crippen LogP contribution in [-0.4, -0.2) is 0 Å². The summed E-state index contributed by atoms with van der Waals surface area (Å²) in [5, 5.41) is 0. The topological polar surface area (TPSA) is 26.0 Å². The zero-order valence-electron chi connectivity index (χ0n) is 4.98. The second-order valence-electron chi connectivity index (χ2n) is 2.94. The minimum atomic E-state index is 0.949. The summed E-state index contributed by atoms with van der Waals surface area (Å²) >= 11 is 0. The number of rotatable bonds is 0. The lowest BCUT2D eigenvalue weighted by atomic mass is 10.0. The maximum atomic E-state index is 5.70. The van der Waals surface area contributed by atoms with Crippen LogP contribution in [0.15, 0.2) is 11.3 Å². The second-order valence-corrected chi connectivity index (χ2v) is 2.94. The lowest BCUT2D eigenvalue weighted by Crippen LogP contribution is -2.01. The zero-order valence-corrected chi connectivity index (χ0v) is 4.98. The molecule has 44 valence electrons. The van der Waals surface area contributed by atoms with E-state index >= 15 is 0 Å². The fraction of sp³-hybridized carbons (Fsp3) is 0.714. The molecule has 0 aromatic rings. The van der Waals surface area contributed by atoms with Gasteiger partial charge in [0.2, 0.25) is 0 Å². The molecular weight excluding hydrogens is 98.1 g/mol. The van der Waals surface area contributed by atoms with Gasteiger partial charge in [-0.15, -0.1) is 0 Å². The van der Waals surface area contributed by atoms with E-state index in [9.17, 15) is 0 Å². The van der Waals surface area contributed by atoms with Gasteiger partial charge >= 0.3 is 0 Å². The van der Waals surface area contributed by atoms with Gasteiger partial charge in [-0.3, -0.25) is 0 Å². The third kappa shape index (κ3) is 0.417. The monoisotopic (exact) mass is 109 g/mol. The number of allylic oxidation sites excluding steroid dienone is 2. The fourth-order valence-corrected chi connectivity index (χ4v) is 1.85. The minimum absolute atomic E-state index is 0.949. The summed E-state index contributed by atoms with van der Waals surface area (Å²) < 4.78 is 0. The van der Waals surface area contributed by atoms with Crippen LogP contribution in [0.3, 0.4) is 0 Å². The molecule has 1 unspecified atom stereocenters. The van der Waals surface area contributed by atoms with Crippen molar-refractivity contribution in [3.8, 4) is 0 Å². The molecule has 8 heavy (non-hydrogen) atoms. The highest BCUT2D eigenvalue weighted by Crippen LogP contribution is 2.41. The first kappa shape index (κ1) is 4.42. The van der Waals surface area contributed by atoms with Crippen molar-refractivity contribution in [2.75, 3.05) is 0 Å². The first-order chi connectivity index (χ1) is 3.86. The van der Waals surface area contributed by atoms with Crippen molar-refractivity contribution in [2.45, 2.75) is 25.7 Å². The van der Waals surface area contributed by atoms with E-state index in [1.54, 1.807) is 5.57 Å². The summed E-state index contributed by atoms with van der Waals surface area (Å²) in [6.45, 7) is 0. The van der Waals surface area contributed by atoms with E-state index in [-0.39, 0.29) is 0 Å². The number of nitrogens with two attached hydrogens (primary N) is 1. The Morgan fingerprint density at radius 1 is 1.38 bits per heavy atom. The Morgan fingerprint density at radius 2 is 2.25 bits per heavy atom. The average Bonchev–Trinajstić information content (AvgIpc) is 2.23. The van der Waals surface area contributed by atoms with Gasteiger partial charge in [0.15, 0.2) is 0 Å². The molecule has 0 saturated heterocycles. The number of fused-ring (bicyclic) bond motifs is 2. The van der Waals surface area contributed by atoms with E-state index in [0.29, 0.717) is 0 Å². The van der Waals surface area contributed by atoms with Crippen molar-refractivity contribution in [3.63, 3.8) is 0 Å². The maximum Gasteiger partial charge on any atom is 0.00753 e. The summed E-state index contributed by atoms with van der Waals surface area (Å²) in [5.41, 5.74) is 8.47. The van der Waals surface area contributed by atoms with E-state index in [2.05, 4.69) is 0 Å². The van der Waals surface area contributed by atoms with Crippen molar-refractivity contribution in [2.24, 2.45) is 11.7 Å². The molecule has 0 amide bonds. The van der Waals surface area contributed by atoms with Gasteiger partial charge in [-0.1, -0.05) is 5.57 Å². The summed E-state index contributed by atoms with van der Waals surface area (Å²) in [6, 6.07) is 0. The molecule has 0 aliphatic heterocycles. The molecule has 0 aromatic carbocycles. The lowest BCUT2D eigenvalue weighted by molar-refractivity contribution is 0.561. The molecule has 0 radical (unpaired) electrons. The normalized spacial score (nSPS) is 34.8. The zero-order chi connectivity index (χ0) is 5.56. The molecule has 2 aliphatic rings. The van der Waals surface area contributed by atoms with Crippen LogP contribution in [0.1, 0.15) is 25.7 Å². The Kier molecular flexibility index (Phi) is 0.706. The number of hydrogen-bond acceptors (Lipinski definition) is 1. The smallest absolute Gasteiger partial charge is 0.00753 e. The van der Waals surface area contributed by atoms with E-state index in [1.165, 1.54) is 31.4 Å². The van der Waals surface area contributed by atoms with Crippen molar-refractivity contribution < 1.29 is 0 Å². The second kappa shape index (κ2) is 1.28. The molecule has 1 heteroatoms. The first-order valence-electron chi connectivity index (χ1n) is 3.32. The van der Waals surface area contributed by atoms with Crippen LogP contribution in [0.4, 0.5) is 0 Å². The van der Waals surface area contributed by atoms with E-state index < -0.39 is 0 Å². The molecule has 0 spiro atoms. The molecule has 1 saturated carbocycles. The summed E-state index contributed by atoms with van der Waals surface area (Å²) in [6.07, 6.45) is 5.24. The quantitative estimate of drug-likeness (QED) is 0.500. The molecular formula is C7H11N. The van der Waals surface area contributed by atoms with Crippen LogP contribution >= 0.6 is 0 Å². The van der Waals surface area contributed by atoms with Crippen LogP contribution < -0.4 is 5.73 Å². The molecule has 2 aliphatic carbocycles. The minimum Gasteiger partial charge on any atom is -0.402 e. The van der Waals surface area contributed by atoms with Crippen LogP contribution in [0.2, 0.25) is 0 Å². The molecule has 1 fully saturated rings. The van der Waals surface area contributed by atoms with Crippen molar-refractivity contribution in [3.05, 3.63) is 11.3 Å². The van der Waals surface area contributed by atoms with Crippen molar-refractivity contribution >= 4 is 0 Å². The predicted octanol–water partition coefficient (Wildman–Crippen LogP) is 1.40. The standard InChI is InChI=1S/C7H11N/c8-7-4-5-1-2-6(7)3-5/h5H,1-4,8H2. The Morgan fingerprint density at radius 3 is 2.50 bits per heavy atom. The SMILES string of the molecule is NC1=C2CCC(C1)C2. The van der Waals surface area contributed by atoms with Gasteiger partial charge in [-0.2, -0.15) is 0 Å². The third-order valence-corrected chi connectivity index (χ3v) is 2.35. The molecule has 0 aromatic heterocycles. The summed E-state index contributed by atoms with van der Waals surface area (Å²) in [5.74, 6) is 0.949. The lowest BCUT2D eigenvalue weighted by Gasteiger charge is -2.05. The highest BCUT2D eigenvalue weighted by Gasteiger charge is 2.28. The molecule has 2 bridgehead atoms. The van der Waals surface area contributed by atoms with Crippen LogP contribution in [0.25, 0.3) is 0 Å². The van der Waals surface area contributed by atoms with E-state index in [1.807, 2.05) is 0 Å². The molecule has 2 rings (SSSR count). The van der Waals surface area contributed by atoms with Gasteiger partial charge < -0.3 is 5.73 Å². The van der Waals surface area contributed by atoms with Gasteiger partial charge in [0, 0.05) is 5.70 Å². The average molecular weight is 109 g/mol. The van der Waals surface area contributed by atoms with Crippen molar-refractivity contribution in [1.29, 1.82) is 0 Å². The number of hydrogen-bond donors (Lipinski definition) is 1. The van der Waals surface area contributed by atoms with Crippen LogP contribution in [-0.2, 0) is 0 Å². The van der Waals surface area contributed by atoms with E-state index in [0.717, 1.165) is 5.92 Å². The molecule has 1 nitrogen and oxygen atoms in total. The Labute approximate surface area is 49.6 Å². The highest BCUT2D eigenvalue weighted by molar-refractivity contribution is 5.22. The molecule has 2 N–H and O–H groups in total.